The van der Waals surface area contributed by atoms with Crippen LogP contribution in [0.15, 0.2) is 55.0 Å². The smallest absolute Gasteiger partial charge is 0.256 e. The molecule has 0 atom stereocenters. The second-order valence-electron chi connectivity index (χ2n) is 6.36. The van der Waals surface area contributed by atoms with Gasteiger partial charge in [0.25, 0.3) is 5.88 Å². The third kappa shape index (κ3) is 3.09. The van der Waals surface area contributed by atoms with E-state index in [0.717, 1.165) is 38.9 Å². The molecule has 2 heterocycles. The van der Waals surface area contributed by atoms with Gasteiger partial charge in [0.2, 0.25) is 0 Å². The van der Waals surface area contributed by atoms with Crippen molar-refractivity contribution in [3.8, 4) is 39.6 Å². The number of hydrogen-bond acceptors (Lipinski definition) is 6. The van der Waals surface area contributed by atoms with Crippen LogP contribution in [0.5, 0.6) is 17.4 Å². The van der Waals surface area contributed by atoms with E-state index in [0.29, 0.717) is 11.6 Å². The molecule has 28 heavy (non-hydrogen) atoms. The van der Waals surface area contributed by atoms with Crippen LogP contribution in [0, 0.1) is 6.92 Å². The molecular weight excluding hydrogens is 354 g/mol. The summed E-state index contributed by atoms with van der Waals surface area (Å²) in [6.07, 6.45) is 3.32. The number of nitrogens with zero attached hydrogens (tertiary/aromatic N) is 3. The Bertz CT molecular complexity index is 1160. The van der Waals surface area contributed by atoms with Crippen LogP contribution >= 0.6 is 0 Å². The Morgan fingerprint density at radius 2 is 1.61 bits per heavy atom. The maximum atomic E-state index is 9.64. The molecule has 0 aliphatic carbocycles. The van der Waals surface area contributed by atoms with Gasteiger partial charge >= 0.3 is 0 Å². The molecule has 0 radical (unpaired) electrons. The highest BCUT2D eigenvalue weighted by Crippen LogP contribution is 2.36. The van der Waals surface area contributed by atoms with Crippen molar-refractivity contribution in [2.24, 2.45) is 0 Å². The van der Waals surface area contributed by atoms with Crippen molar-refractivity contribution >= 4 is 10.9 Å². The fourth-order valence-electron chi connectivity index (χ4n) is 3.21. The fraction of sp³-hybridized carbons (Fsp3) is 0.136. The van der Waals surface area contributed by atoms with Crippen LogP contribution < -0.4 is 9.47 Å². The number of pyridine rings is 1. The molecule has 1 N–H and O–H groups in total. The average molecular weight is 373 g/mol. The Hall–Kier alpha value is -3.67. The zero-order valence-electron chi connectivity index (χ0n) is 15.8. The highest BCUT2D eigenvalue weighted by Gasteiger charge is 2.14. The molecule has 0 saturated carbocycles. The number of methoxy groups -OCH3 is 2. The van der Waals surface area contributed by atoms with Crippen LogP contribution in [0.25, 0.3) is 33.2 Å². The van der Waals surface area contributed by atoms with Crippen molar-refractivity contribution < 1.29 is 14.6 Å². The van der Waals surface area contributed by atoms with E-state index in [9.17, 15) is 5.11 Å². The van der Waals surface area contributed by atoms with Crippen LogP contribution in [0.3, 0.4) is 0 Å². The van der Waals surface area contributed by atoms with Crippen molar-refractivity contribution in [1.82, 2.24) is 15.0 Å². The van der Waals surface area contributed by atoms with Gasteiger partial charge in [0, 0.05) is 28.4 Å². The van der Waals surface area contributed by atoms with Gasteiger partial charge in [-0.1, -0.05) is 12.1 Å². The van der Waals surface area contributed by atoms with Gasteiger partial charge in [0.05, 0.1) is 19.7 Å². The first-order valence-corrected chi connectivity index (χ1v) is 8.74. The highest BCUT2D eigenvalue weighted by atomic mass is 16.5. The van der Waals surface area contributed by atoms with Crippen LogP contribution in [0.1, 0.15) is 5.69 Å². The Kier molecular flexibility index (Phi) is 4.53. The monoisotopic (exact) mass is 373 g/mol. The normalized spacial score (nSPS) is 10.8. The van der Waals surface area contributed by atoms with E-state index >= 15 is 0 Å². The molecule has 0 bridgehead atoms. The first-order chi connectivity index (χ1) is 13.6. The molecule has 0 unspecified atom stereocenters. The topological polar surface area (TPSA) is 77.4 Å². The number of aromatic hydroxyl groups is 1. The quantitative estimate of drug-likeness (QED) is 0.572. The zero-order valence-corrected chi connectivity index (χ0v) is 15.8. The number of phenols is 1. The van der Waals surface area contributed by atoms with E-state index in [2.05, 4.69) is 27.1 Å². The molecule has 2 aromatic carbocycles. The molecule has 0 spiro atoms. The number of benzene rings is 2. The summed E-state index contributed by atoms with van der Waals surface area (Å²) >= 11 is 0. The molecule has 0 saturated heterocycles. The van der Waals surface area contributed by atoms with E-state index < -0.39 is 0 Å². The molecule has 6 heteroatoms. The van der Waals surface area contributed by atoms with Gasteiger partial charge in [-0.3, -0.25) is 0 Å². The van der Waals surface area contributed by atoms with Gasteiger partial charge < -0.3 is 14.6 Å². The molecule has 0 amide bonds. The summed E-state index contributed by atoms with van der Waals surface area (Å²) in [6.45, 7) is 1.96. The molecule has 0 fully saturated rings. The Morgan fingerprint density at radius 1 is 0.821 bits per heavy atom. The number of aryl methyl sites for hydroxylation is 1. The SMILES string of the molecule is COc1cc(-c2cc(-c3ccc(O)cc3)c3ncnc(C)c3c2)cnc1OC. The zero-order chi connectivity index (χ0) is 19.7. The average Bonchev–Trinajstić information content (AvgIpc) is 2.73. The van der Waals surface area contributed by atoms with E-state index in [1.165, 1.54) is 0 Å². The summed E-state index contributed by atoms with van der Waals surface area (Å²) < 4.78 is 10.6. The summed E-state index contributed by atoms with van der Waals surface area (Å²) in [6, 6.07) is 13.1. The summed E-state index contributed by atoms with van der Waals surface area (Å²) in [5.41, 5.74) is 5.50. The predicted molar refractivity (Wildman–Crippen MR) is 108 cm³/mol. The van der Waals surface area contributed by atoms with E-state index in [4.69, 9.17) is 9.47 Å². The summed E-state index contributed by atoms with van der Waals surface area (Å²) in [7, 11) is 3.15. The van der Waals surface area contributed by atoms with E-state index in [1.54, 1.807) is 38.9 Å². The lowest BCUT2D eigenvalue weighted by molar-refractivity contribution is 0.343. The number of hydrogen-bond donors (Lipinski definition) is 1. The number of fused-ring (bicyclic) bond motifs is 1. The minimum atomic E-state index is 0.221. The Labute approximate surface area is 162 Å². The maximum absolute atomic E-state index is 9.64. The van der Waals surface area contributed by atoms with E-state index in [-0.39, 0.29) is 5.75 Å². The van der Waals surface area contributed by atoms with Gasteiger partial charge in [-0.15, -0.1) is 0 Å². The van der Waals surface area contributed by atoms with Crippen molar-refractivity contribution in [3.05, 3.63) is 60.7 Å². The lowest BCUT2D eigenvalue weighted by atomic mass is 9.95. The van der Waals surface area contributed by atoms with Gasteiger partial charge in [-0.25, -0.2) is 15.0 Å². The highest BCUT2D eigenvalue weighted by molar-refractivity contribution is 5.98. The van der Waals surface area contributed by atoms with Crippen molar-refractivity contribution in [2.75, 3.05) is 14.2 Å². The molecule has 6 nitrogen and oxygen atoms in total. The molecule has 4 rings (SSSR count). The lowest BCUT2D eigenvalue weighted by Crippen LogP contribution is -1.95. The van der Waals surface area contributed by atoms with Crippen LogP contribution in [-0.4, -0.2) is 34.3 Å². The number of ether oxygens (including phenoxy) is 2. The van der Waals surface area contributed by atoms with Crippen molar-refractivity contribution in [3.63, 3.8) is 0 Å². The van der Waals surface area contributed by atoms with Crippen LogP contribution in [0.4, 0.5) is 0 Å². The summed E-state index contributed by atoms with van der Waals surface area (Å²) in [5.74, 6) is 1.22. The number of aromatic nitrogens is 3. The Morgan fingerprint density at radius 3 is 2.32 bits per heavy atom. The Balaban J connectivity index is 1.98. The number of phenolic OH excluding ortho intramolecular Hbond substituents is 1. The minimum absolute atomic E-state index is 0.221. The lowest BCUT2D eigenvalue weighted by Gasteiger charge is -2.13. The van der Waals surface area contributed by atoms with E-state index in [1.807, 2.05) is 25.1 Å². The molecule has 4 aromatic rings. The fourth-order valence-corrected chi connectivity index (χ4v) is 3.21. The standard InChI is InChI=1S/C22H19N3O3/c1-13-18-8-15(16-10-20(27-2)22(28-3)23-11-16)9-19(21(18)25-12-24-13)14-4-6-17(26)7-5-14/h4-12,26H,1-3H3. The van der Waals surface area contributed by atoms with Crippen molar-refractivity contribution in [2.45, 2.75) is 6.92 Å². The molecule has 140 valence electrons. The molecule has 0 aliphatic heterocycles. The van der Waals surface area contributed by atoms with Crippen LogP contribution in [-0.2, 0) is 0 Å². The van der Waals surface area contributed by atoms with Gasteiger partial charge in [-0.2, -0.15) is 0 Å². The van der Waals surface area contributed by atoms with Crippen LogP contribution in [0.2, 0.25) is 0 Å². The predicted octanol–water partition coefficient (Wildman–Crippen LogP) is 4.39. The first kappa shape index (κ1) is 17.7. The summed E-state index contributed by atoms with van der Waals surface area (Å²) in [5, 5.41) is 10.6. The molecule has 0 aliphatic rings. The second kappa shape index (κ2) is 7.15. The molecular formula is C22H19N3O3. The number of rotatable bonds is 4. The van der Waals surface area contributed by atoms with Gasteiger partial charge in [0.1, 0.15) is 12.1 Å². The molecule has 2 aromatic heterocycles. The van der Waals surface area contributed by atoms with Crippen molar-refractivity contribution in [1.29, 1.82) is 0 Å². The summed E-state index contributed by atoms with van der Waals surface area (Å²) in [4.78, 5) is 13.2. The van der Waals surface area contributed by atoms with Gasteiger partial charge in [-0.05, 0) is 48.4 Å². The van der Waals surface area contributed by atoms with Gasteiger partial charge in [0.15, 0.2) is 5.75 Å². The third-order valence-corrected chi connectivity index (χ3v) is 4.68. The maximum Gasteiger partial charge on any atom is 0.256 e. The first-order valence-electron chi connectivity index (χ1n) is 8.74. The third-order valence-electron chi connectivity index (χ3n) is 4.68. The largest absolute Gasteiger partial charge is 0.508 e. The minimum Gasteiger partial charge on any atom is -0.508 e. The second-order valence-corrected chi connectivity index (χ2v) is 6.36.